The monoisotopic (exact) mass is 392 g/mol. The number of alkyl halides is 3. The Morgan fingerprint density at radius 3 is 2.54 bits per heavy atom. The van der Waals surface area contributed by atoms with Gasteiger partial charge in [-0.05, 0) is 48.9 Å². The van der Waals surface area contributed by atoms with E-state index in [2.05, 4.69) is 5.32 Å². The van der Waals surface area contributed by atoms with Crippen molar-refractivity contribution in [2.45, 2.75) is 19.5 Å². The maximum absolute atomic E-state index is 12.5. The van der Waals surface area contributed by atoms with Crippen molar-refractivity contribution in [1.29, 1.82) is 0 Å². The summed E-state index contributed by atoms with van der Waals surface area (Å²) in [6.45, 7) is 0.383. The SMILES string of the molecule is Cc1cccc(Oc2ccc(NC(=O)C3CC(=O)N(CC(F)(F)F)C3)cc2)c1. The van der Waals surface area contributed by atoms with Gasteiger partial charge in [-0.3, -0.25) is 9.59 Å². The number of ether oxygens (including phenoxy) is 1. The van der Waals surface area contributed by atoms with Gasteiger partial charge >= 0.3 is 6.18 Å². The number of nitrogens with one attached hydrogen (secondary N) is 1. The topological polar surface area (TPSA) is 58.6 Å². The van der Waals surface area contributed by atoms with Crippen LogP contribution in [-0.2, 0) is 9.59 Å². The number of halogens is 3. The molecule has 0 spiro atoms. The predicted molar refractivity (Wildman–Crippen MR) is 97.1 cm³/mol. The van der Waals surface area contributed by atoms with E-state index in [-0.39, 0.29) is 13.0 Å². The Hall–Kier alpha value is -3.03. The molecule has 2 aromatic rings. The van der Waals surface area contributed by atoms with Crippen LogP contribution in [0.25, 0.3) is 0 Å². The van der Waals surface area contributed by atoms with E-state index in [9.17, 15) is 22.8 Å². The van der Waals surface area contributed by atoms with E-state index < -0.39 is 30.5 Å². The lowest BCUT2D eigenvalue weighted by atomic mass is 10.1. The Kier molecular flexibility index (Phi) is 5.58. The summed E-state index contributed by atoms with van der Waals surface area (Å²) in [4.78, 5) is 24.6. The Labute approximate surface area is 160 Å². The molecule has 1 unspecified atom stereocenters. The zero-order valence-electron chi connectivity index (χ0n) is 15.1. The number of carbonyl (C=O) groups excluding carboxylic acids is 2. The highest BCUT2D eigenvalue weighted by molar-refractivity contribution is 5.97. The molecule has 0 aliphatic carbocycles. The van der Waals surface area contributed by atoms with Gasteiger partial charge in [0.05, 0.1) is 5.92 Å². The number of amides is 2. The second-order valence-corrected chi connectivity index (χ2v) is 6.72. The second-order valence-electron chi connectivity index (χ2n) is 6.72. The number of nitrogens with zero attached hydrogens (tertiary/aromatic N) is 1. The van der Waals surface area contributed by atoms with Crippen molar-refractivity contribution in [2.75, 3.05) is 18.4 Å². The molecule has 28 heavy (non-hydrogen) atoms. The maximum atomic E-state index is 12.5. The van der Waals surface area contributed by atoms with Crippen molar-refractivity contribution in [3.8, 4) is 11.5 Å². The molecule has 1 aliphatic rings. The molecule has 2 amide bonds. The maximum Gasteiger partial charge on any atom is 0.406 e. The largest absolute Gasteiger partial charge is 0.457 e. The van der Waals surface area contributed by atoms with Crippen LogP contribution >= 0.6 is 0 Å². The molecule has 0 radical (unpaired) electrons. The van der Waals surface area contributed by atoms with Gasteiger partial charge < -0.3 is 15.0 Å². The highest BCUT2D eigenvalue weighted by Crippen LogP contribution is 2.26. The fourth-order valence-electron chi connectivity index (χ4n) is 2.98. The van der Waals surface area contributed by atoms with E-state index >= 15 is 0 Å². The lowest BCUT2D eigenvalue weighted by molar-refractivity contribution is -0.157. The van der Waals surface area contributed by atoms with Gasteiger partial charge in [0, 0.05) is 18.7 Å². The lowest BCUT2D eigenvalue weighted by Gasteiger charge is -2.18. The van der Waals surface area contributed by atoms with Gasteiger partial charge in [0.15, 0.2) is 0 Å². The van der Waals surface area contributed by atoms with Crippen molar-refractivity contribution in [3.63, 3.8) is 0 Å². The molecule has 3 rings (SSSR count). The first kappa shape index (κ1) is 19.7. The molecule has 1 heterocycles. The van der Waals surface area contributed by atoms with Crippen LogP contribution in [-0.4, -0.2) is 36.0 Å². The first-order valence-electron chi connectivity index (χ1n) is 8.69. The van der Waals surface area contributed by atoms with E-state index in [1.165, 1.54) is 0 Å². The number of anilines is 1. The normalized spacial score (nSPS) is 16.9. The van der Waals surface area contributed by atoms with E-state index in [1.807, 2.05) is 31.2 Å². The fourth-order valence-corrected chi connectivity index (χ4v) is 2.98. The standard InChI is InChI=1S/C20H19F3N2O3/c1-13-3-2-4-17(9-13)28-16-7-5-15(6-8-16)24-19(27)14-10-18(26)25(11-14)12-20(21,22)23/h2-9,14H,10-12H2,1H3,(H,24,27). The average Bonchev–Trinajstić information content (AvgIpc) is 2.96. The molecule has 0 saturated carbocycles. The molecule has 1 fully saturated rings. The summed E-state index contributed by atoms with van der Waals surface area (Å²) >= 11 is 0. The van der Waals surface area contributed by atoms with E-state index in [0.29, 0.717) is 22.1 Å². The Balaban J connectivity index is 1.57. The number of hydrogen-bond donors (Lipinski definition) is 1. The van der Waals surface area contributed by atoms with E-state index in [1.54, 1.807) is 24.3 Å². The van der Waals surface area contributed by atoms with Crippen LogP contribution in [0.1, 0.15) is 12.0 Å². The molecule has 1 saturated heterocycles. The summed E-state index contributed by atoms with van der Waals surface area (Å²) in [6, 6.07) is 14.2. The summed E-state index contributed by atoms with van der Waals surface area (Å²) in [6.07, 6.45) is -4.70. The average molecular weight is 392 g/mol. The number of aryl methyl sites for hydroxylation is 1. The van der Waals surface area contributed by atoms with Crippen LogP contribution in [0.4, 0.5) is 18.9 Å². The Bertz CT molecular complexity index is 866. The minimum Gasteiger partial charge on any atom is -0.457 e. The zero-order chi connectivity index (χ0) is 20.3. The molecular formula is C20H19F3N2O3. The third-order valence-corrected chi connectivity index (χ3v) is 4.30. The highest BCUT2D eigenvalue weighted by atomic mass is 19.4. The van der Waals surface area contributed by atoms with Crippen LogP contribution < -0.4 is 10.1 Å². The summed E-state index contributed by atoms with van der Waals surface area (Å²) < 4.78 is 43.1. The highest BCUT2D eigenvalue weighted by Gasteiger charge is 2.40. The summed E-state index contributed by atoms with van der Waals surface area (Å²) in [5, 5.41) is 2.63. The van der Waals surface area contributed by atoms with Gasteiger partial charge in [-0.15, -0.1) is 0 Å². The van der Waals surface area contributed by atoms with E-state index in [0.717, 1.165) is 5.56 Å². The first-order chi connectivity index (χ1) is 13.2. The molecule has 1 atom stereocenters. The first-order valence-corrected chi connectivity index (χ1v) is 8.69. The predicted octanol–water partition coefficient (Wildman–Crippen LogP) is 4.14. The Morgan fingerprint density at radius 1 is 1.18 bits per heavy atom. The molecule has 0 bridgehead atoms. The van der Waals surface area contributed by atoms with E-state index in [4.69, 9.17) is 4.74 Å². The molecule has 148 valence electrons. The molecule has 1 N–H and O–H groups in total. The number of benzene rings is 2. The van der Waals surface area contributed by atoms with Crippen molar-refractivity contribution in [3.05, 3.63) is 54.1 Å². The number of rotatable bonds is 5. The third-order valence-electron chi connectivity index (χ3n) is 4.30. The van der Waals surface area contributed by atoms with Crippen LogP contribution in [0.5, 0.6) is 11.5 Å². The number of likely N-dealkylation sites (tertiary alicyclic amines) is 1. The van der Waals surface area contributed by atoms with Gasteiger partial charge in [0.25, 0.3) is 0 Å². The molecular weight excluding hydrogens is 373 g/mol. The van der Waals surface area contributed by atoms with Crippen molar-refractivity contribution >= 4 is 17.5 Å². The van der Waals surface area contributed by atoms with Gasteiger partial charge in [-0.2, -0.15) is 13.2 Å². The molecule has 8 heteroatoms. The van der Waals surface area contributed by atoms with Crippen LogP contribution in [0, 0.1) is 12.8 Å². The minimum atomic E-state index is -4.48. The number of hydrogen-bond acceptors (Lipinski definition) is 3. The lowest BCUT2D eigenvalue weighted by Crippen LogP contribution is -2.36. The van der Waals surface area contributed by atoms with Gasteiger partial charge in [-0.25, -0.2) is 0 Å². The number of carbonyl (C=O) groups is 2. The van der Waals surface area contributed by atoms with Crippen LogP contribution in [0.2, 0.25) is 0 Å². The van der Waals surface area contributed by atoms with Crippen molar-refractivity contribution < 1.29 is 27.5 Å². The Morgan fingerprint density at radius 2 is 1.89 bits per heavy atom. The summed E-state index contributed by atoms with van der Waals surface area (Å²) in [5.41, 5.74) is 1.54. The smallest absolute Gasteiger partial charge is 0.406 e. The molecule has 5 nitrogen and oxygen atoms in total. The molecule has 2 aromatic carbocycles. The fraction of sp³-hybridized carbons (Fsp3) is 0.300. The second kappa shape index (κ2) is 7.92. The zero-order valence-corrected chi connectivity index (χ0v) is 15.1. The van der Waals surface area contributed by atoms with Crippen LogP contribution in [0.15, 0.2) is 48.5 Å². The minimum absolute atomic E-state index is 0.226. The summed E-state index contributed by atoms with van der Waals surface area (Å²) in [7, 11) is 0. The van der Waals surface area contributed by atoms with Crippen LogP contribution in [0.3, 0.4) is 0 Å². The third kappa shape index (κ3) is 5.25. The summed E-state index contributed by atoms with van der Waals surface area (Å²) in [5.74, 6) is -0.690. The van der Waals surface area contributed by atoms with Gasteiger partial charge in [0.1, 0.15) is 18.0 Å². The molecule has 1 aliphatic heterocycles. The van der Waals surface area contributed by atoms with Gasteiger partial charge in [0.2, 0.25) is 11.8 Å². The van der Waals surface area contributed by atoms with Crippen molar-refractivity contribution in [2.24, 2.45) is 5.92 Å². The van der Waals surface area contributed by atoms with Gasteiger partial charge in [-0.1, -0.05) is 12.1 Å². The molecule has 0 aromatic heterocycles. The quantitative estimate of drug-likeness (QED) is 0.832. The van der Waals surface area contributed by atoms with Crippen molar-refractivity contribution in [1.82, 2.24) is 4.90 Å².